The zero-order chi connectivity index (χ0) is 17.8. The monoisotopic (exact) mass is 355 g/mol. The van der Waals surface area contributed by atoms with Gasteiger partial charge in [-0.05, 0) is 25.8 Å². The highest BCUT2D eigenvalue weighted by molar-refractivity contribution is 5.47. The van der Waals surface area contributed by atoms with Crippen LogP contribution >= 0.6 is 0 Å². The van der Waals surface area contributed by atoms with Gasteiger partial charge in [0, 0.05) is 63.5 Å². The Hall–Kier alpha value is -2.48. The lowest BCUT2D eigenvalue weighted by Gasteiger charge is -2.35. The molecule has 1 N–H and O–H groups in total. The third-order valence-electron chi connectivity index (χ3n) is 4.79. The predicted octanol–water partition coefficient (Wildman–Crippen LogP) is 1.49. The quantitative estimate of drug-likeness (QED) is 0.864. The maximum atomic E-state index is 5.66. The van der Waals surface area contributed by atoms with Crippen molar-refractivity contribution in [2.24, 2.45) is 0 Å². The summed E-state index contributed by atoms with van der Waals surface area (Å²) in [7, 11) is 0. The summed E-state index contributed by atoms with van der Waals surface area (Å²) in [5.74, 6) is 2.45. The molecule has 26 heavy (non-hydrogen) atoms. The number of anilines is 3. The third kappa shape index (κ3) is 4.01. The zero-order valence-electron chi connectivity index (χ0n) is 15.1. The molecule has 8 heteroatoms. The van der Waals surface area contributed by atoms with Crippen molar-refractivity contribution in [1.29, 1.82) is 0 Å². The van der Waals surface area contributed by atoms with E-state index in [1.165, 1.54) is 0 Å². The van der Waals surface area contributed by atoms with Gasteiger partial charge in [0.15, 0.2) is 0 Å². The second-order valence-electron chi connectivity index (χ2n) is 6.73. The lowest BCUT2D eigenvalue weighted by atomic mass is 10.2. The average molecular weight is 355 g/mol. The van der Waals surface area contributed by atoms with E-state index in [0.717, 1.165) is 69.6 Å². The Bertz CT molecular complexity index is 713. The standard InChI is InChI=1S/C18H25N7O/c1-14-12-16(23-17(22-14)21-13-15-4-2-11-26-15)24-7-9-25(10-8-24)18-19-5-3-6-20-18/h3,5-6,12,15H,2,4,7-11,13H2,1H3,(H,21,22,23). The molecular formula is C18H25N7O. The molecule has 2 fully saturated rings. The molecule has 0 aliphatic carbocycles. The minimum atomic E-state index is 0.275. The van der Waals surface area contributed by atoms with Gasteiger partial charge in [0.1, 0.15) is 5.82 Å². The van der Waals surface area contributed by atoms with Gasteiger partial charge in [-0.2, -0.15) is 4.98 Å². The zero-order valence-corrected chi connectivity index (χ0v) is 15.1. The summed E-state index contributed by atoms with van der Waals surface area (Å²) in [4.78, 5) is 22.4. The number of nitrogens with zero attached hydrogens (tertiary/aromatic N) is 6. The number of ether oxygens (including phenoxy) is 1. The molecule has 0 radical (unpaired) electrons. The smallest absolute Gasteiger partial charge is 0.225 e. The Kier molecular flexibility index (Phi) is 5.10. The molecule has 2 aromatic heterocycles. The first kappa shape index (κ1) is 17.0. The van der Waals surface area contributed by atoms with Crippen LogP contribution in [0.5, 0.6) is 0 Å². The number of aryl methyl sites for hydroxylation is 1. The van der Waals surface area contributed by atoms with Gasteiger partial charge in [-0.3, -0.25) is 0 Å². The highest BCUT2D eigenvalue weighted by atomic mass is 16.5. The van der Waals surface area contributed by atoms with E-state index in [0.29, 0.717) is 5.95 Å². The molecule has 2 aliphatic heterocycles. The third-order valence-corrected chi connectivity index (χ3v) is 4.79. The van der Waals surface area contributed by atoms with Crippen molar-refractivity contribution in [1.82, 2.24) is 19.9 Å². The number of aromatic nitrogens is 4. The fourth-order valence-corrected chi connectivity index (χ4v) is 3.39. The van der Waals surface area contributed by atoms with E-state index in [-0.39, 0.29) is 6.10 Å². The van der Waals surface area contributed by atoms with E-state index in [2.05, 4.69) is 30.1 Å². The molecular weight excluding hydrogens is 330 g/mol. The largest absolute Gasteiger partial charge is 0.376 e. The first-order valence-corrected chi connectivity index (χ1v) is 9.26. The molecule has 0 aromatic carbocycles. The number of rotatable bonds is 5. The summed E-state index contributed by atoms with van der Waals surface area (Å²) in [6, 6.07) is 3.89. The molecule has 2 aliphatic rings. The Morgan fingerprint density at radius 3 is 2.62 bits per heavy atom. The SMILES string of the molecule is Cc1cc(N2CCN(c3ncccn3)CC2)nc(NCC2CCCO2)n1. The van der Waals surface area contributed by atoms with Gasteiger partial charge in [0.2, 0.25) is 11.9 Å². The van der Waals surface area contributed by atoms with Crippen molar-refractivity contribution in [3.63, 3.8) is 0 Å². The molecule has 1 unspecified atom stereocenters. The van der Waals surface area contributed by atoms with Gasteiger partial charge >= 0.3 is 0 Å². The van der Waals surface area contributed by atoms with E-state index in [1.807, 2.05) is 19.1 Å². The van der Waals surface area contributed by atoms with Gasteiger partial charge in [-0.25, -0.2) is 15.0 Å². The van der Waals surface area contributed by atoms with Gasteiger partial charge in [-0.1, -0.05) is 0 Å². The highest BCUT2D eigenvalue weighted by Crippen LogP contribution is 2.19. The molecule has 1 atom stereocenters. The summed E-state index contributed by atoms with van der Waals surface area (Å²) in [5.41, 5.74) is 0.971. The molecule has 4 rings (SSSR count). The second kappa shape index (κ2) is 7.82. The predicted molar refractivity (Wildman–Crippen MR) is 101 cm³/mol. The van der Waals surface area contributed by atoms with Crippen LogP contribution in [0.25, 0.3) is 0 Å². The van der Waals surface area contributed by atoms with Crippen molar-refractivity contribution in [2.75, 3.05) is 54.4 Å². The lowest BCUT2D eigenvalue weighted by molar-refractivity contribution is 0.120. The van der Waals surface area contributed by atoms with E-state index in [9.17, 15) is 0 Å². The topological polar surface area (TPSA) is 79.3 Å². The summed E-state index contributed by atoms with van der Waals surface area (Å²) in [6.07, 6.45) is 6.09. The molecule has 0 spiro atoms. The average Bonchev–Trinajstić information content (AvgIpc) is 3.20. The first-order chi connectivity index (χ1) is 12.8. The number of nitrogens with one attached hydrogen (secondary N) is 1. The number of piperazine rings is 1. The molecule has 138 valence electrons. The molecule has 4 heterocycles. The van der Waals surface area contributed by atoms with Gasteiger partial charge in [0.05, 0.1) is 6.10 Å². The van der Waals surface area contributed by atoms with E-state index >= 15 is 0 Å². The Morgan fingerprint density at radius 1 is 1.12 bits per heavy atom. The Morgan fingerprint density at radius 2 is 1.88 bits per heavy atom. The van der Waals surface area contributed by atoms with Crippen LogP contribution in [0.2, 0.25) is 0 Å². The number of hydrogen-bond donors (Lipinski definition) is 1. The van der Waals surface area contributed by atoms with Crippen LogP contribution < -0.4 is 15.1 Å². The molecule has 0 bridgehead atoms. The summed E-state index contributed by atoms with van der Waals surface area (Å²) < 4.78 is 5.66. The molecule has 2 saturated heterocycles. The summed E-state index contributed by atoms with van der Waals surface area (Å²) in [6.45, 7) is 7.18. The van der Waals surface area contributed by atoms with Crippen molar-refractivity contribution in [2.45, 2.75) is 25.9 Å². The van der Waals surface area contributed by atoms with Crippen molar-refractivity contribution < 1.29 is 4.74 Å². The molecule has 8 nitrogen and oxygen atoms in total. The van der Waals surface area contributed by atoms with Gasteiger partial charge < -0.3 is 19.9 Å². The van der Waals surface area contributed by atoms with Gasteiger partial charge in [-0.15, -0.1) is 0 Å². The highest BCUT2D eigenvalue weighted by Gasteiger charge is 2.21. The fraction of sp³-hybridized carbons (Fsp3) is 0.556. The van der Waals surface area contributed by atoms with Crippen LogP contribution in [-0.4, -0.2) is 65.4 Å². The van der Waals surface area contributed by atoms with Crippen molar-refractivity contribution in [3.8, 4) is 0 Å². The Labute approximate surface area is 153 Å². The molecule has 0 amide bonds. The Balaban J connectivity index is 1.38. The van der Waals surface area contributed by atoms with Crippen LogP contribution in [0.1, 0.15) is 18.5 Å². The summed E-state index contributed by atoms with van der Waals surface area (Å²) in [5, 5.41) is 3.34. The van der Waals surface area contributed by atoms with Crippen molar-refractivity contribution >= 4 is 17.7 Å². The van der Waals surface area contributed by atoms with E-state index in [4.69, 9.17) is 9.72 Å². The molecule has 2 aromatic rings. The number of hydrogen-bond acceptors (Lipinski definition) is 8. The normalized spacial score (nSPS) is 20.4. The minimum absolute atomic E-state index is 0.275. The van der Waals surface area contributed by atoms with Gasteiger partial charge in [0.25, 0.3) is 0 Å². The van der Waals surface area contributed by atoms with Crippen LogP contribution in [0.3, 0.4) is 0 Å². The van der Waals surface area contributed by atoms with Crippen LogP contribution in [0.4, 0.5) is 17.7 Å². The van der Waals surface area contributed by atoms with Crippen LogP contribution in [-0.2, 0) is 4.74 Å². The van der Waals surface area contributed by atoms with E-state index in [1.54, 1.807) is 12.4 Å². The van der Waals surface area contributed by atoms with Crippen LogP contribution in [0.15, 0.2) is 24.5 Å². The minimum Gasteiger partial charge on any atom is -0.376 e. The van der Waals surface area contributed by atoms with Crippen LogP contribution in [0, 0.1) is 6.92 Å². The maximum Gasteiger partial charge on any atom is 0.225 e. The molecule has 0 saturated carbocycles. The summed E-state index contributed by atoms with van der Waals surface area (Å²) >= 11 is 0. The second-order valence-corrected chi connectivity index (χ2v) is 6.73. The maximum absolute atomic E-state index is 5.66. The van der Waals surface area contributed by atoms with E-state index < -0.39 is 0 Å². The van der Waals surface area contributed by atoms with Crippen molar-refractivity contribution in [3.05, 3.63) is 30.2 Å². The first-order valence-electron chi connectivity index (χ1n) is 9.26. The lowest BCUT2D eigenvalue weighted by Crippen LogP contribution is -2.47. The fourth-order valence-electron chi connectivity index (χ4n) is 3.39.